The molecule has 0 N–H and O–H groups in total. The number of benzene rings is 1. The summed E-state index contributed by atoms with van der Waals surface area (Å²) in [6.45, 7) is 3.04. The summed E-state index contributed by atoms with van der Waals surface area (Å²) in [6.07, 6.45) is 2.61. The van der Waals surface area contributed by atoms with Gasteiger partial charge in [0.2, 0.25) is 0 Å². The van der Waals surface area contributed by atoms with Crippen LogP contribution < -0.4 is 0 Å². The van der Waals surface area contributed by atoms with Gasteiger partial charge in [-0.25, -0.2) is 0 Å². The number of aryl methyl sites for hydroxylation is 1. The van der Waals surface area contributed by atoms with E-state index in [1.54, 1.807) is 0 Å². The highest BCUT2D eigenvalue weighted by molar-refractivity contribution is 9.09. The van der Waals surface area contributed by atoms with Gasteiger partial charge in [0, 0.05) is 11.4 Å². The number of ether oxygens (including phenoxy) is 1. The third kappa shape index (κ3) is 2.01. The van der Waals surface area contributed by atoms with Crippen molar-refractivity contribution in [1.82, 2.24) is 0 Å². The average Bonchev–Trinajstić information content (AvgIpc) is 2.20. The van der Waals surface area contributed by atoms with Crippen LogP contribution in [0.1, 0.15) is 30.1 Å². The lowest BCUT2D eigenvalue weighted by Gasteiger charge is -2.29. The zero-order valence-electron chi connectivity index (χ0n) is 8.37. The molecule has 1 aliphatic rings. The molecule has 2 atom stereocenters. The van der Waals surface area contributed by atoms with Gasteiger partial charge in [0.15, 0.2) is 0 Å². The Hall–Kier alpha value is -0.340. The van der Waals surface area contributed by atoms with Crippen LogP contribution in [0.5, 0.6) is 0 Å². The van der Waals surface area contributed by atoms with E-state index in [1.807, 2.05) is 0 Å². The fraction of sp³-hybridized carbons (Fsp3) is 0.500. The van der Waals surface area contributed by atoms with E-state index in [1.165, 1.54) is 17.5 Å². The van der Waals surface area contributed by atoms with Gasteiger partial charge in [-0.1, -0.05) is 40.2 Å². The lowest BCUT2D eigenvalue weighted by molar-refractivity contribution is 0.0214. The quantitative estimate of drug-likeness (QED) is 0.696. The Morgan fingerprint density at radius 3 is 2.86 bits per heavy atom. The van der Waals surface area contributed by atoms with E-state index in [2.05, 4.69) is 47.1 Å². The van der Waals surface area contributed by atoms with Crippen molar-refractivity contribution in [3.05, 3.63) is 35.4 Å². The second-order valence-corrected chi connectivity index (χ2v) is 4.98. The Bertz CT molecular complexity index is 311. The molecular formula is C12H15BrO. The first-order chi connectivity index (χ1) is 6.79. The van der Waals surface area contributed by atoms with Crippen molar-refractivity contribution in [3.63, 3.8) is 0 Å². The highest BCUT2D eigenvalue weighted by atomic mass is 79.9. The van der Waals surface area contributed by atoms with Crippen LogP contribution in [0.3, 0.4) is 0 Å². The normalized spacial score (nSPS) is 27.6. The molecule has 1 saturated heterocycles. The summed E-state index contributed by atoms with van der Waals surface area (Å²) in [4.78, 5) is 0.470. The minimum atomic E-state index is 0.241. The zero-order valence-corrected chi connectivity index (χ0v) is 9.96. The van der Waals surface area contributed by atoms with Crippen LogP contribution in [0, 0.1) is 6.92 Å². The Kier molecular flexibility index (Phi) is 3.24. The maximum absolute atomic E-state index is 5.81. The van der Waals surface area contributed by atoms with Gasteiger partial charge < -0.3 is 4.74 Å². The van der Waals surface area contributed by atoms with Crippen molar-refractivity contribution in [2.24, 2.45) is 0 Å². The highest BCUT2D eigenvalue weighted by Crippen LogP contribution is 2.34. The second kappa shape index (κ2) is 4.45. The Morgan fingerprint density at radius 2 is 2.14 bits per heavy atom. The van der Waals surface area contributed by atoms with Gasteiger partial charge in [0.25, 0.3) is 0 Å². The molecule has 1 fully saturated rings. The molecular weight excluding hydrogens is 240 g/mol. The molecule has 14 heavy (non-hydrogen) atoms. The molecule has 0 aromatic heterocycles. The van der Waals surface area contributed by atoms with E-state index in [0.29, 0.717) is 4.83 Å². The smallest absolute Gasteiger partial charge is 0.0952 e. The van der Waals surface area contributed by atoms with Crippen LogP contribution in [0.4, 0.5) is 0 Å². The lowest BCUT2D eigenvalue weighted by Crippen LogP contribution is -2.23. The lowest BCUT2D eigenvalue weighted by atomic mass is 9.97. The molecule has 0 amide bonds. The Labute approximate surface area is 93.6 Å². The molecule has 1 nitrogen and oxygen atoms in total. The molecule has 2 heteroatoms. The van der Waals surface area contributed by atoms with Crippen molar-refractivity contribution < 1.29 is 4.74 Å². The predicted octanol–water partition coefficient (Wildman–Crippen LogP) is 3.61. The van der Waals surface area contributed by atoms with Crippen LogP contribution in [-0.4, -0.2) is 11.4 Å². The molecule has 1 aliphatic heterocycles. The topological polar surface area (TPSA) is 9.23 Å². The molecule has 0 aliphatic carbocycles. The van der Waals surface area contributed by atoms with Gasteiger partial charge in [-0.3, -0.25) is 0 Å². The van der Waals surface area contributed by atoms with Gasteiger partial charge >= 0.3 is 0 Å². The van der Waals surface area contributed by atoms with E-state index in [-0.39, 0.29) is 6.10 Å². The Balaban J connectivity index is 2.25. The first kappa shape index (κ1) is 10.2. The molecule has 0 spiro atoms. The summed E-state index contributed by atoms with van der Waals surface area (Å²) in [7, 11) is 0. The van der Waals surface area contributed by atoms with Gasteiger partial charge in [-0.15, -0.1) is 0 Å². The largest absolute Gasteiger partial charge is 0.372 e. The maximum atomic E-state index is 5.81. The monoisotopic (exact) mass is 254 g/mol. The number of hydrogen-bond donors (Lipinski definition) is 0. The summed E-state index contributed by atoms with van der Waals surface area (Å²) in [5, 5.41) is 0. The molecule has 1 aromatic rings. The fourth-order valence-corrected chi connectivity index (χ4v) is 2.70. The van der Waals surface area contributed by atoms with Crippen LogP contribution in [-0.2, 0) is 4.74 Å². The zero-order chi connectivity index (χ0) is 9.97. The van der Waals surface area contributed by atoms with E-state index in [4.69, 9.17) is 4.74 Å². The summed E-state index contributed by atoms with van der Waals surface area (Å²) in [5.41, 5.74) is 2.65. The van der Waals surface area contributed by atoms with Crippen LogP contribution in [0.2, 0.25) is 0 Å². The number of halogens is 1. The summed E-state index contributed by atoms with van der Waals surface area (Å²) in [6, 6.07) is 8.47. The molecule has 0 saturated carbocycles. The van der Waals surface area contributed by atoms with Crippen molar-refractivity contribution >= 4 is 15.9 Å². The average molecular weight is 255 g/mol. The van der Waals surface area contributed by atoms with Gasteiger partial charge in [0.05, 0.1) is 6.10 Å². The number of rotatable bonds is 1. The third-order valence-corrected chi connectivity index (χ3v) is 3.68. The van der Waals surface area contributed by atoms with E-state index in [0.717, 1.165) is 13.0 Å². The summed E-state index contributed by atoms with van der Waals surface area (Å²) < 4.78 is 5.81. The standard InChI is InChI=1S/C12H15BrO/c1-9-5-2-3-6-10(9)12-11(13)7-4-8-14-12/h2-3,5-6,11-12H,4,7-8H2,1H3/t11-,12-/m1/s1. The minimum Gasteiger partial charge on any atom is -0.372 e. The van der Waals surface area contributed by atoms with Gasteiger partial charge in [0.1, 0.15) is 0 Å². The van der Waals surface area contributed by atoms with Gasteiger partial charge in [-0.05, 0) is 30.9 Å². The van der Waals surface area contributed by atoms with Crippen molar-refractivity contribution in [3.8, 4) is 0 Å². The van der Waals surface area contributed by atoms with Crippen LogP contribution in [0.15, 0.2) is 24.3 Å². The maximum Gasteiger partial charge on any atom is 0.0952 e. The fourth-order valence-electron chi connectivity index (χ4n) is 1.94. The predicted molar refractivity (Wildman–Crippen MR) is 61.8 cm³/mol. The summed E-state index contributed by atoms with van der Waals surface area (Å²) in [5.74, 6) is 0. The van der Waals surface area contributed by atoms with Crippen LogP contribution >= 0.6 is 15.9 Å². The SMILES string of the molecule is Cc1ccccc1[C@H]1OCCC[C@H]1Br. The van der Waals surface area contributed by atoms with Gasteiger partial charge in [-0.2, -0.15) is 0 Å². The second-order valence-electron chi connectivity index (χ2n) is 3.81. The first-order valence-corrected chi connectivity index (χ1v) is 6.02. The summed E-state index contributed by atoms with van der Waals surface area (Å²) >= 11 is 3.70. The minimum absolute atomic E-state index is 0.241. The molecule has 76 valence electrons. The molecule has 0 bridgehead atoms. The molecule has 2 rings (SSSR count). The number of hydrogen-bond acceptors (Lipinski definition) is 1. The Morgan fingerprint density at radius 1 is 1.36 bits per heavy atom. The third-order valence-electron chi connectivity index (χ3n) is 2.75. The van der Waals surface area contributed by atoms with Crippen LogP contribution in [0.25, 0.3) is 0 Å². The number of alkyl halides is 1. The van der Waals surface area contributed by atoms with E-state index < -0.39 is 0 Å². The van der Waals surface area contributed by atoms with E-state index >= 15 is 0 Å². The molecule has 1 heterocycles. The van der Waals surface area contributed by atoms with Crippen molar-refractivity contribution in [2.45, 2.75) is 30.7 Å². The van der Waals surface area contributed by atoms with Crippen molar-refractivity contribution in [1.29, 1.82) is 0 Å². The molecule has 1 aromatic carbocycles. The molecule has 0 unspecified atom stereocenters. The first-order valence-electron chi connectivity index (χ1n) is 5.10. The molecule has 0 radical (unpaired) electrons. The van der Waals surface area contributed by atoms with Crippen molar-refractivity contribution in [2.75, 3.05) is 6.61 Å². The van der Waals surface area contributed by atoms with E-state index in [9.17, 15) is 0 Å². The highest BCUT2D eigenvalue weighted by Gasteiger charge is 2.25.